The molecule has 2 aromatic rings. The number of benzene rings is 1. The molecule has 30 heavy (non-hydrogen) atoms. The van der Waals surface area contributed by atoms with Crippen LogP contribution in [0.3, 0.4) is 0 Å². The summed E-state index contributed by atoms with van der Waals surface area (Å²) in [7, 11) is 1.28. The lowest BCUT2D eigenvalue weighted by Gasteiger charge is -2.20. The zero-order chi connectivity index (χ0) is 21.9. The first-order chi connectivity index (χ1) is 14.2. The van der Waals surface area contributed by atoms with E-state index in [0.29, 0.717) is 18.5 Å². The third kappa shape index (κ3) is 4.99. The molecule has 3 rings (SSSR count). The molecular weight excluding hydrogens is 388 g/mol. The molecule has 1 fully saturated rings. The van der Waals surface area contributed by atoms with Crippen molar-refractivity contribution in [3.05, 3.63) is 36.0 Å². The molecule has 0 spiro atoms. The van der Waals surface area contributed by atoms with Crippen molar-refractivity contribution in [1.82, 2.24) is 9.88 Å². The van der Waals surface area contributed by atoms with Gasteiger partial charge in [0.05, 0.1) is 12.6 Å². The molecule has 0 radical (unpaired) electrons. The van der Waals surface area contributed by atoms with Crippen molar-refractivity contribution in [1.29, 1.82) is 0 Å². The summed E-state index contributed by atoms with van der Waals surface area (Å²) in [4.78, 5) is 37.5. The first kappa shape index (κ1) is 21.8. The van der Waals surface area contributed by atoms with E-state index in [1.54, 1.807) is 33.0 Å². The van der Waals surface area contributed by atoms with Crippen LogP contribution < -0.4 is 5.32 Å². The van der Waals surface area contributed by atoms with Crippen molar-refractivity contribution in [3.8, 4) is 0 Å². The topological polar surface area (TPSA) is 95.9 Å². The lowest BCUT2D eigenvalue weighted by atomic mass is 10.0. The van der Waals surface area contributed by atoms with Crippen LogP contribution in [-0.4, -0.2) is 54.0 Å². The average molecular weight is 416 g/mol. The number of fused-ring (bicyclic) bond motifs is 1. The number of carbonyl (C=O) groups excluding carboxylic acids is 3. The van der Waals surface area contributed by atoms with Crippen LogP contribution in [0.2, 0.25) is 0 Å². The second kappa shape index (κ2) is 8.87. The van der Waals surface area contributed by atoms with Gasteiger partial charge in [-0.2, -0.15) is 0 Å². The van der Waals surface area contributed by atoms with Gasteiger partial charge in [0.1, 0.15) is 17.7 Å². The van der Waals surface area contributed by atoms with Crippen molar-refractivity contribution >= 4 is 28.9 Å². The average Bonchev–Trinajstić information content (AvgIpc) is 3.34. The molecule has 8 heteroatoms. The highest BCUT2D eigenvalue weighted by Crippen LogP contribution is 2.24. The van der Waals surface area contributed by atoms with Gasteiger partial charge in [0, 0.05) is 24.6 Å². The Labute approximate surface area is 175 Å². The molecule has 2 atom stereocenters. The SMILES string of the molecule is COC(=O)[C@@H](Cc1cn(C(=O)OC(C)(C)C)c2ccccc12)NC(=O)[C@@H]1CCCO1. The van der Waals surface area contributed by atoms with Crippen LogP contribution in [0.1, 0.15) is 39.2 Å². The monoisotopic (exact) mass is 416 g/mol. The number of para-hydroxylation sites is 1. The summed E-state index contributed by atoms with van der Waals surface area (Å²) in [5.74, 6) is -0.894. The van der Waals surface area contributed by atoms with Gasteiger partial charge in [-0.25, -0.2) is 9.59 Å². The molecular formula is C22H28N2O6. The van der Waals surface area contributed by atoms with Gasteiger partial charge in [0.2, 0.25) is 5.91 Å². The molecule has 0 aliphatic carbocycles. The number of nitrogens with zero attached hydrogens (tertiary/aromatic N) is 1. The Balaban J connectivity index is 1.89. The molecule has 2 heterocycles. The summed E-state index contributed by atoms with van der Waals surface area (Å²) in [6.07, 6.45) is 2.18. The Bertz CT molecular complexity index is 937. The Kier molecular flexibility index (Phi) is 6.45. The lowest BCUT2D eigenvalue weighted by molar-refractivity contribution is -0.146. The fraction of sp³-hybridized carbons (Fsp3) is 0.500. The molecule has 1 saturated heterocycles. The molecule has 1 N–H and O–H groups in total. The van der Waals surface area contributed by atoms with Crippen molar-refractivity contribution in [3.63, 3.8) is 0 Å². The minimum absolute atomic E-state index is 0.168. The first-order valence-corrected chi connectivity index (χ1v) is 10.0. The van der Waals surface area contributed by atoms with E-state index in [-0.39, 0.29) is 12.3 Å². The summed E-state index contributed by atoms with van der Waals surface area (Å²) in [5.41, 5.74) is 0.738. The number of methoxy groups -OCH3 is 1. The van der Waals surface area contributed by atoms with E-state index < -0.39 is 29.8 Å². The molecule has 1 amide bonds. The summed E-state index contributed by atoms with van der Waals surface area (Å²) >= 11 is 0. The highest BCUT2D eigenvalue weighted by Gasteiger charge is 2.30. The van der Waals surface area contributed by atoms with E-state index in [4.69, 9.17) is 14.2 Å². The number of aromatic nitrogens is 1. The van der Waals surface area contributed by atoms with Gasteiger partial charge in [-0.1, -0.05) is 18.2 Å². The minimum Gasteiger partial charge on any atom is -0.467 e. The fourth-order valence-electron chi connectivity index (χ4n) is 3.48. The number of carbonyl (C=O) groups is 3. The van der Waals surface area contributed by atoms with Crippen LogP contribution in [-0.2, 0) is 30.2 Å². The van der Waals surface area contributed by atoms with Gasteiger partial charge in [-0.15, -0.1) is 0 Å². The predicted octanol–water partition coefficient (Wildman–Crippen LogP) is 2.80. The smallest absolute Gasteiger partial charge is 0.419 e. The zero-order valence-corrected chi connectivity index (χ0v) is 17.8. The van der Waals surface area contributed by atoms with Gasteiger partial charge in [-0.05, 0) is 45.2 Å². The van der Waals surface area contributed by atoms with Crippen LogP contribution >= 0.6 is 0 Å². The molecule has 1 aromatic heterocycles. The van der Waals surface area contributed by atoms with Crippen molar-refractivity contribution < 1.29 is 28.6 Å². The number of rotatable bonds is 5. The standard InChI is InChI=1S/C22H28N2O6/c1-22(2,3)30-21(27)24-13-14(15-8-5-6-9-17(15)24)12-16(20(26)28-4)23-19(25)18-10-7-11-29-18/h5-6,8-9,13,16,18H,7,10-12H2,1-4H3,(H,23,25)/t16-,18+/m1/s1. The van der Waals surface area contributed by atoms with E-state index in [0.717, 1.165) is 17.4 Å². The predicted molar refractivity (Wildman–Crippen MR) is 110 cm³/mol. The normalized spacial score (nSPS) is 17.5. The Hall–Kier alpha value is -2.87. The Morgan fingerprint density at radius 3 is 2.63 bits per heavy atom. The third-order valence-corrected chi connectivity index (χ3v) is 4.83. The molecule has 8 nitrogen and oxygen atoms in total. The van der Waals surface area contributed by atoms with Crippen molar-refractivity contribution in [2.45, 2.75) is 57.8 Å². The fourth-order valence-corrected chi connectivity index (χ4v) is 3.48. The highest BCUT2D eigenvalue weighted by molar-refractivity contribution is 5.93. The third-order valence-electron chi connectivity index (χ3n) is 4.83. The highest BCUT2D eigenvalue weighted by atomic mass is 16.6. The van der Waals surface area contributed by atoms with Crippen LogP contribution in [0.15, 0.2) is 30.5 Å². The molecule has 0 saturated carbocycles. The van der Waals surface area contributed by atoms with Crippen LogP contribution in [0.25, 0.3) is 10.9 Å². The maximum absolute atomic E-state index is 12.7. The molecule has 1 aromatic carbocycles. The van der Waals surface area contributed by atoms with Gasteiger partial charge < -0.3 is 19.5 Å². The van der Waals surface area contributed by atoms with Gasteiger partial charge in [0.15, 0.2) is 0 Å². The van der Waals surface area contributed by atoms with E-state index in [1.807, 2.05) is 18.2 Å². The van der Waals surface area contributed by atoms with Crippen LogP contribution in [0.5, 0.6) is 0 Å². The van der Waals surface area contributed by atoms with Crippen LogP contribution in [0.4, 0.5) is 4.79 Å². The minimum atomic E-state index is -0.899. The van der Waals surface area contributed by atoms with Crippen LogP contribution in [0, 0.1) is 0 Å². The maximum atomic E-state index is 12.7. The number of esters is 1. The summed E-state index contributed by atoms with van der Waals surface area (Å²) in [6, 6.07) is 6.44. The number of hydrogen-bond donors (Lipinski definition) is 1. The Morgan fingerprint density at radius 2 is 2.00 bits per heavy atom. The van der Waals surface area contributed by atoms with Gasteiger partial charge in [0.25, 0.3) is 0 Å². The van der Waals surface area contributed by atoms with E-state index in [9.17, 15) is 14.4 Å². The Morgan fingerprint density at radius 1 is 1.27 bits per heavy atom. The van der Waals surface area contributed by atoms with Crippen molar-refractivity contribution in [2.75, 3.05) is 13.7 Å². The molecule has 1 aliphatic heterocycles. The number of hydrogen-bond acceptors (Lipinski definition) is 6. The second-order valence-electron chi connectivity index (χ2n) is 8.31. The van der Waals surface area contributed by atoms with Crippen molar-refractivity contribution in [2.24, 2.45) is 0 Å². The summed E-state index contributed by atoms with van der Waals surface area (Å²) < 4.78 is 17.2. The molecule has 1 aliphatic rings. The largest absolute Gasteiger partial charge is 0.467 e. The van der Waals surface area contributed by atoms with Gasteiger partial charge in [-0.3, -0.25) is 9.36 Å². The zero-order valence-electron chi connectivity index (χ0n) is 17.8. The quantitative estimate of drug-likeness (QED) is 0.753. The number of amides is 1. The molecule has 162 valence electrons. The molecule has 0 unspecified atom stereocenters. The van der Waals surface area contributed by atoms with E-state index in [1.165, 1.54) is 11.7 Å². The number of nitrogens with one attached hydrogen (secondary N) is 1. The second-order valence-corrected chi connectivity index (χ2v) is 8.31. The van der Waals surface area contributed by atoms with E-state index in [2.05, 4.69) is 5.32 Å². The summed E-state index contributed by atoms with van der Waals surface area (Å²) in [6.45, 7) is 5.92. The molecule has 0 bridgehead atoms. The number of ether oxygens (including phenoxy) is 3. The summed E-state index contributed by atoms with van der Waals surface area (Å²) in [5, 5.41) is 3.53. The van der Waals surface area contributed by atoms with E-state index >= 15 is 0 Å². The van der Waals surface area contributed by atoms with Gasteiger partial charge >= 0.3 is 12.1 Å². The first-order valence-electron chi connectivity index (χ1n) is 10.0. The maximum Gasteiger partial charge on any atom is 0.419 e. The lowest BCUT2D eigenvalue weighted by Crippen LogP contribution is -2.47.